The fourth-order valence-electron chi connectivity index (χ4n) is 3.51. The molecule has 2 aromatic carbocycles. The molecule has 0 radical (unpaired) electrons. The van der Waals surface area contributed by atoms with Gasteiger partial charge in [-0.2, -0.15) is 0 Å². The van der Waals surface area contributed by atoms with Gasteiger partial charge in [-0.15, -0.1) is 0 Å². The first-order chi connectivity index (χ1) is 13.4. The summed E-state index contributed by atoms with van der Waals surface area (Å²) in [6.45, 7) is 7.55. The number of nitrogens with one attached hydrogen (secondary N) is 1. The van der Waals surface area contributed by atoms with Crippen molar-refractivity contribution in [2.24, 2.45) is 5.92 Å². The summed E-state index contributed by atoms with van der Waals surface area (Å²) in [5, 5.41) is 13.3. The van der Waals surface area contributed by atoms with Crippen molar-refractivity contribution < 1.29 is 18.6 Å². The zero-order valence-corrected chi connectivity index (χ0v) is 16.2. The van der Waals surface area contributed by atoms with Gasteiger partial charge in [0.25, 0.3) is 0 Å². The van der Waals surface area contributed by atoms with E-state index in [1.807, 2.05) is 18.2 Å². The van der Waals surface area contributed by atoms with Crippen LogP contribution in [0.3, 0.4) is 0 Å². The van der Waals surface area contributed by atoms with E-state index in [-0.39, 0.29) is 6.10 Å². The minimum atomic E-state index is -0.916. The minimum absolute atomic E-state index is 0.387. The van der Waals surface area contributed by atoms with E-state index < -0.39 is 11.6 Å². The molecule has 1 aliphatic rings. The fraction of sp³-hybridized carbons (Fsp3) is 0.364. The molecule has 150 valence electrons. The summed E-state index contributed by atoms with van der Waals surface area (Å²) in [4.78, 5) is 2.13. The Labute approximate surface area is 164 Å². The lowest BCUT2D eigenvalue weighted by molar-refractivity contribution is 0.172. The zero-order valence-electron chi connectivity index (χ0n) is 16.2. The number of hydrogen-bond acceptors (Lipinski definition) is 4. The minimum Gasteiger partial charge on any atom is -0.495 e. The lowest BCUT2D eigenvalue weighted by Gasteiger charge is -2.28. The first-order valence-corrected chi connectivity index (χ1v) is 9.39. The molecule has 1 fully saturated rings. The van der Waals surface area contributed by atoms with Crippen LogP contribution in [0, 0.1) is 17.6 Å². The zero-order chi connectivity index (χ0) is 20.3. The molecule has 2 atom stereocenters. The Bertz CT molecular complexity index is 844. The number of methoxy groups -OCH3 is 1. The van der Waals surface area contributed by atoms with E-state index >= 15 is 0 Å². The molecule has 0 aromatic heterocycles. The van der Waals surface area contributed by atoms with Crippen LogP contribution in [0.1, 0.15) is 25.3 Å². The van der Waals surface area contributed by atoms with Crippen LogP contribution in [-0.4, -0.2) is 31.4 Å². The molecule has 4 nitrogen and oxygen atoms in total. The number of hydrogen-bond donors (Lipinski definition) is 2. The number of rotatable bonds is 5. The van der Waals surface area contributed by atoms with Gasteiger partial charge >= 0.3 is 0 Å². The highest BCUT2D eigenvalue weighted by Crippen LogP contribution is 2.34. The van der Waals surface area contributed by atoms with E-state index in [9.17, 15) is 13.9 Å². The second-order valence-electron chi connectivity index (χ2n) is 7.36. The predicted octanol–water partition coefficient (Wildman–Crippen LogP) is 4.65. The molecular weight excluding hydrogens is 362 g/mol. The van der Waals surface area contributed by atoms with Gasteiger partial charge in [0.05, 0.1) is 18.9 Å². The lowest BCUT2D eigenvalue weighted by atomic mass is 10.1. The van der Waals surface area contributed by atoms with Crippen molar-refractivity contribution in [1.29, 1.82) is 0 Å². The third-order valence-electron chi connectivity index (χ3n) is 5.04. The summed E-state index contributed by atoms with van der Waals surface area (Å²) < 4.78 is 32.1. The molecule has 1 heterocycles. The quantitative estimate of drug-likeness (QED) is 0.782. The molecule has 1 aliphatic heterocycles. The first-order valence-electron chi connectivity index (χ1n) is 9.39. The number of halogens is 2. The number of β-amino-alcohol motifs (C(OH)–C–C–N with tert-alkyl or cyclic N) is 1. The monoisotopic (exact) mass is 388 g/mol. The SMILES string of the molecule is C=C(Nc1ccc(F)c(F)c1)c1ccc(OC)c(N2CC(C)CCC(O)C2)c1. The molecule has 0 aliphatic carbocycles. The average Bonchev–Trinajstić information content (AvgIpc) is 2.85. The van der Waals surface area contributed by atoms with E-state index in [1.165, 1.54) is 6.07 Å². The summed E-state index contributed by atoms with van der Waals surface area (Å²) in [5.74, 6) is -0.641. The second-order valence-corrected chi connectivity index (χ2v) is 7.36. The summed E-state index contributed by atoms with van der Waals surface area (Å²) in [6, 6.07) is 9.28. The van der Waals surface area contributed by atoms with Gasteiger partial charge in [-0.25, -0.2) is 8.78 Å². The second kappa shape index (κ2) is 8.61. The molecule has 2 aromatic rings. The van der Waals surface area contributed by atoms with Crippen molar-refractivity contribution in [3.05, 3.63) is 60.2 Å². The van der Waals surface area contributed by atoms with Crippen molar-refractivity contribution in [1.82, 2.24) is 0 Å². The number of ether oxygens (including phenoxy) is 1. The van der Waals surface area contributed by atoms with Gasteiger partial charge in [0.15, 0.2) is 11.6 Å². The van der Waals surface area contributed by atoms with E-state index in [4.69, 9.17) is 4.74 Å². The Morgan fingerprint density at radius 2 is 1.93 bits per heavy atom. The number of nitrogens with zero attached hydrogens (tertiary/aromatic N) is 1. The number of benzene rings is 2. The Hall–Kier alpha value is -2.60. The van der Waals surface area contributed by atoms with Gasteiger partial charge in [0.1, 0.15) is 5.75 Å². The largest absolute Gasteiger partial charge is 0.495 e. The van der Waals surface area contributed by atoms with Crippen LogP contribution in [-0.2, 0) is 0 Å². The molecule has 6 heteroatoms. The first kappa shape index (κ1) is 20.1. The molecule has 0 amide bonds. The van der Waals surface area contributed by atoms with E-state index in [0.29, 0.717) is 29.6 Å². The van der Waals surface area contributed by atoms with Gasteiger partial charge in [-0.3, -0.25) is 0 Å². The van der Waals surface area contributed by atoms with Crippen molar-refractivity contribution in [3.63, 3.8) is 0 Å². The lowest BCUT2D eigenvalue weighted by Crippen LogP contribution is -2.32. The van der Waals surface area contributed by atoms with Crippen LogP contribution in [0.5, 0.6) is 5.75 Å². The normalized spacial score (nSPS) is 19.8. The summed E-state index contributed by atoms with van der Waals surface area (Å²) >= 11 is 0. The van der Waals surface area contributed by atoms with Gasteiger partial charge in [0.2, 0.25) is 0 Å². The summed E-state index contributed by atoms with van der Waals surface area (Å²) in [7, 11) is 1.62. The topological polar surface area (TPSA) is 44.7 Å². The van der Waals surface area contributed by atoms with Crippen LogP contribution >= 0.6 is 0 Å². The van der Waals surface area contributed by atoms with Crippen LogP contribution in [0.15, 0.2) is 43.0 Å². The highest BCUT2D eigenvalue weighted by atomic mass is 19.2. The van der Waals surface area contributed by atoms with Crippen molar-refractivity contribution in [2.45, 2.75) is 25.9 Å². The maximum Gasteiger partial charge on any atom is 0.160 e. The van der Waals surface area contributed by atoms with Crippen LogP contribution in [0.25, 0.3) is 5.70 Å². The number of aliphatic hydroxyl groups is 1. The molecule has 28 heavy (non-hydrogen) atoms. The molecule has 2 N–H and O–H groups in total. The molecule has 0 bridgehead atoms. The molecule has 1 saturated heterocycles. The third kappa shape index (κ3) is 4.62. The number of anilines is 2. The molecular formula is C22H26F2N2O2. The predicted molar refractivity (Wildman–Crippen MR) is 109 cm³/mol. The van der Waals surface area contributed by atoms with Crippen molar-refractivity contribution in [3.8, 4) is 5.75 Å². The summed E-state index contributed by atoms with van der Waals surface area (Å²) in [5.41, 5.74) is 2.64. The van der Waals surface area contributed by atoms with Gasteiger partial charge in [-0.1, -0.05) is 13.5 Å². The molecule has 2 unspecified atom stereocenters. The molecule has 3 rings (SSSR count). The highest BCUT2D eigenvalue weighted by molar-refractivity contribution is 5.78. The van der Waals surface area contributed by atoms with E-state index in [1.54, 1.807) is 7.11 Å². The van der Waals surface area contributed by atoms with Gasteiger partial charge in [0, 0.05) is 30.5 Å². The van der Waals surface area contributed by atoms with Crippen LogP contribution < -0.4 is 15.0 Å². The Balaban J connectivity index is 1.87. The average molecular weight is 388 g/mol. The van der Waals surface area contributed by atoms with Gasteiger partial charge in [-0.05, 0) is 54.7 Å². The fourth-order valence-corrected chi connectivity index (χ4v) is 3.51. The van der Waals surface area contributed by atoms with E-state index in [0.717, 1.165) is 42.8 Å². The molecule has 0 spiro atoms. The maximum atomic E-state index is 13.5. The standard InChI is InChI=1S/C22H26F2N2O2/c1-14-4-7-18(27)13-26(12-14)21-10-16(5-9-22(21)28-3)15(2)25-17-6-8-19(23)20(24)11-17/h5-6,8-11,14,18,25,27H,2,4,7,12-13H2,1,3H3. The molecule has 0 saturated carbocycles. The van der Waals surface area contributed by atoms with Crippen LogP contribution in [0.2, 0.25) is 0 Å². The smallest absolute Gasteiger partial charge is 0.160 e. The number of aliphatic hydroxyl groups excluding tert-OH is 1. The highest BCUT2D eigenvalue weighted by Gasteiger charge is 2.23. The maximum absolute atomic E-state index is 13.5. The van der Waals surface area contributed by atoms with Crippen LogP contribution in [0.4, 0.5) is 20.2 Å². The Morgan fingerprint density at radius 1 is 1.14 bits per heavy atom. The Kier molecular flexibility index (Phi) is 6.19. The Morgan fingerprint density at radius 3 is 2.64 bits per heavy atom. The third-order valence-corrected chi connectivity index (χ3v) is 5.04. The van der Waals surface area contributed by atoms with Crippen molar-refractivity contribution in [2.75, 3.05) is 30.4 Å². The van der Waals surface area contributed by atoms with E-state index in [2.05, 4.69) is 23.7 Å². The van der Waals surface area contributed by atoms with Gasteiger partial charge < -0.3 is 20.1 Å². The summed E-state index contributed by atoms with van der Waals surface area (Å²) in [6.07, 6.45) is 1.37. The van der Waals surface area contributed by atoms with Crippen molar-refractivity contribution >= 4 is 17.1 Å².